The lowest BCUT2D eigenvalue weighted by Crippen LogP contribution is -2.43. The van der Waals surface area contributed by atoms with E-state index in [0.29, 0.717) is 11.6 Å². The Bertz CT molecular complexity index is 888. The van der Waals surface area contributed by atoms with E-state index in [0.717, 1.165) is 35.4 Å². The first-order valence-corrected chi connectivity index (χ1v) is 12.0. The highest BCUT2D eigenvalue weighted by molar-refractivity contribution is 7.91. The van der Waals surface area contributed by atoms with Crippen molar-refractivity contribution in [1.82, 2.24) is 10.3 Å². The molecule has 0 saturated heterocycles. The quantitative estimate of drug-likeness (QED) is 0.793. The summed E-state index contributed by atoms with van der Waals surface area (Å²) in [5.74, 6) is -0.680. The van der Waals surface area contributed by atoms with Crippen molar-refractivity contribution in [3.8, 4) is 10.6 Å². The van der Waals surface area contributed by atoms with E-state index >= 15 is 0 Å². The van der Waals surface area contributed by atoms with E-state index < -0.39 is 21.5 Å². The van der Waals surface area contributed by atoms with Crippen LogP contribution in [-0.2, 0) is 20.4 Å². The number of aryl methyl sites for hydroxylation is 1. The lowest BCUT2D eigenvalue weighted by molar-refractivity contribution is -0.119. The summed E-state index contributed by atoms with van der Waals surface area (Å²) in [6.45, 7) is 4.13. The lowest BCUT2D eigenvalue weighted by atomic mass is 9.86. The van der Waals surface area contributed by atoms with E-state index in [1.807, 2.05) is 31.2 Å². The molecule has 27 heavy (non-hydrogen) atoms. The monoisotopic (exact) mass is 406 g/mol. The normalized spacial score (nSPS) is 20.4. The average Bonchev–Trinajstić information content (AvgIpc) is 3.04. The third kappa shape index (κ3) is 5.62. The zero-order valence-electron chi connectivity index (χ0n) is 15.8. The van der Waals surface area contributed by atoms with Gasteiger partial charge in [-0.2, -0.15) is 0 Å². The van der Waals surface area contributed by atoms with Crippen molar-refractivity contribution in [1.29, 1.82) is 0 Å². The van der Waals surface area contributed by atoms with Crippen LogP contribution in [0.25, 0.3) is 10.6 Å². The first-order valence-electron chi connectivity index (χ1n) is 9.33. The number of nitrogens with zero attached hydrogens (tertiary/aromatic N) is 1. The summed E-state index contributed by atoms with van der Waals surface area (Å²) in [6.07, 6.45) is 4.28. The Labute approximate surface area is 165 Å². The van der Waals surface area contributed by atoms with E-state index in [1.54, 1.807) is 5.38 Å². The summed E-state index contributed by atoms with van der Waals surface area (Å²) in [6, 6.07) is 8.05. The van der Waals surface area contributed by atoms with Crippen molar-refractivity contribution in [2.45, 2.75) is 51.3 Å². The summed E-state index contributed by atoms with van der Waals surface area (Å²) >= 11 is 1.42. The number of amides is 1. The Morgan fingerprint density at radius 3 is 2.63 bits per heavy atom. The molecule has 0 spiro atoms. The standard InChI is InChI=1S/C20H26N2O3S2/c1-14-7-9-16(10-8-14)20-21-17(11-26-20)12-27(24,25)13-19(23)22-18-6-4-3-5-15(18)2/h7-11,15,18H,3-6,12-13H2,1-2H3,(H,22,23)/t15-,18+/m1/s1. The molecule has 1 amide bonds. The van der Waals surface area contributed by atoms with Gasteiger partial charge in [-0.15, -0.1) is 11.3 Å². The van der Waals surface area contributed by atoms with Crippen LogP contribution in [0.1, 0.15) is 43.9 Å². The molecule has 2 atom stereocenters. The molecular formula is C20H26N2O3S2. The van der Waals surface area contributed by atoms with Gasteiger partial charge in [0.1, 0.15) is 10.8 Å². The maximum absolute atomic E-state index is 12.4. The van der Waals surface area contributed by atoms with Gasteiger partial charge in [0.25, 0.3) is 0 Å². The van der Waals surface area contributed by atoms with Crippen LogP contribution in [0.5, 0.6) is 0 Å². The molecule has 7 heteroatoms. The number of nitrogens with one attached hydrogen (secondary N) is 1. The highest BCUT2D eigenvalue weighted by atomic mass is 32.2. The maximum Gasteiger partial charge on any atom is 0.235 e. The second-order valence-electron chi connectivity index (χ2n) is 7.48. The molecule has 1 N–H and O–H groups in total. The molecule has 2 aromatic rings. The van der Waals surface area contributed by atoms with Gasteiger partial charge in [0, 0.05) is 17.0 Å². The van der Waals surface area contributed by atoms with Gasteiger partial charge in [0.2, 0.25) is 5.91 Å². The average molecular weight is 407 g/mol. The number of hydrogen-bond acceptors (Lipinski definition) is 5. The number of carbonyl (C=O) groups is 1. The molecule has 1 saturated carbocycles. The zero-order chi connectivity index (χ0) is 19.4. The Hall–Kier alpha value is -1.73. The Morgan fingerprint density at radius 1 is 1.22 bits per heavy atom. The topological polar surface area (TPSA) is 76.1 Å². The second kappa shape index (κ2) is 8.52. The summed E-state index contributed by atoms with van der Waals surface area (Å²) in [4.78, 5) is 16.7. The van der Waals surface area contributed by atoms with E-state index in [-0.39, 0.29) is 11.8 Å². The zero-order valence-corrected chi connectivity index (χ0v) is 17.4. The molecule has 3 rings (SSSR count). The summed E-state index contributed by atoms with van der Waals surface area (Å²) in [7, 11) is -3.55. The van der Waals surface area contributed by atoms with Crippen LogP contribution in [0.15, 0.2) is 29.6 Å². The van der Waals surface area contributed by atoms with Gasteiger partial charge in [0.15, 0.2) is 9.84 Å². The summed E-state index contributed by atoms with van der Waals surface area (Å²) in [5, 5.41) is 5.46. The van der Waals surface area contributed by atoms with E-state index in [1.165, 1.54) is 17.8 Å². The second-order valence-corrected chi connectivity index (χ2v) is 10.4. The largest absolute Gasteiger partial charge is 0.352 e. The Kier molecular flexibility index (Phi) is 6.32. The molecule has 0 aliphatic heterocycles. The fraction of sp³-hybridized carbons (Fsp3) is 0.500. The molecule has 1 heterocycles. The fourth-order valence-electron chi connectivity index (χ4n) is 3.46. The summed E-state index contributed by atoms with van der Waals surface area (Å²) < 4.78 is 24.9. The number of thiazole rings is 1. The van der Waals surface area contributed by atoms with Gasteiger partial charge in [-0.3, -0.25) is 4.79 Å². The smallest absolute Gasteiger partial charge is 0.235 e. The molecule has 5 nitrogen and oxygen atoms in total. The number of aromatic nitrogens is 1. The molecule has 1 aliphatic rings. The highest BCUT2D eigenvalue weighted by Gasteiger charge is 2.25. The maximum atomic E-state index is 12.4. The van der Waals surface area contributed by atoms with Gasteiger partial charge >= 0.3 is 0 Å². The Morgan fingerprint density at radius 2 is 1.93 bits per heavy atom. The van der Waals surface area contributed by atoms with Crippen LogP contribution in [0.4, 0.5) is 0 Å². The van der Waals surface area contributed by atoms with Gasteiger partial charge in [-0.05, 0) is 25.7 Å². The van der Waals surface area contributed by atoms with Crippen molar-refractivity contribution in [2.24, 2.45) is 5.92 Å². The van der Waals surface area contributed by atoms with Crippen molar-refractivity contribution in [3.63, 3.8) is 0 Å². The molecule has 146 valence electrons. The minimum Gasteiger partial charge on any atom is -0.352 e. The van der Waals surface area contributed by atoms with Crippen LogP contribution in [-0.4, -0.2) is 31.1 Å². The van der Waals surface area contributed by atoms with Crippen LogP contribution in [0.2, 0.25) is 0 Å². The van der Waals surface area contributed by atoms with Gasteiger partial charge < -0.3 is 5.32 Å². The van der Waals surface area contributed by atoms with Crippen LogP contribution in [0, 0.1) is 12.8 Å². The predicted octanol–water partition coefficient (Wildman–Crippen LogP) is 3.73. The van der Waals surface area contributed by atoms with Crippen LogP contribution >= 0.6 is 11.3 Å². The lowest BCUT2D eigenvalue weighted by Gasteiger charge is -2.29. The molecule has 1 aromatic carbocycles. The van der Waals surface area contributed by atoms with Crippen LogP contribution in [0.3, 0.4) is 0 Å². The molecule has 0 bridgehead atoms. The number of carbonyl (C=O) groups excluding carboxylic acids is 1. The SMILES string of the molecule is Cc1ccc(-c2nc(CS(=O)(=O)CC(=O)N[C@H]3CCCC[C@H]3C)cs2)cc1. The van der Waals surface area contributed by atoms with E-state index in [4.69, 9.17) is 0 Å². The first kappa shape index (κ1) is 20.0. The number of rotatable bonds is 6. The first-order chi connectivity index (χ1) is 12.8. The minimum atomic E-state index is -3.55. The number of sulfone groups is 1. The molecule has 1 fully saturated rings. The van der Waals surface area contributed by atoms with E-state index in [9.17, 15) is 13.2 Å². The van der Waals surface area contributed by atoms with Crippen LogP contribution < -0.4 is 5.32 Å². The van der Waals surface area contributed by atoms with Crippen molar-refractivity contribution in [2.75, 3.05) is 5.75 Å². The predicted molar refractivity (Wildman–Crippen MR) is 109 cm³/mol. The summed E-state index contributed by atoms with van der Waals surface area (Å²) in [5.41, 5.74) is 2.63. The minimum absolute atomic E-state index is 0.0915. The van der Waals surface area contributed by atoms with Gasteiger partial charge in [-0.1, -0.05) is 49.6 Å². The fourth-order valence-corrected chi connectivity index (χ4v) is 5.57. The molecule has 1 aromatic heterocycles. The third-order valence-electron chi connectivity index (χ3n) is 5.03. The van der Waals surface area contributed by atoms with Gasteiger partial charge in [0.05, 0.1) is 11.4 Å². The molecular weight excluding hydrogens is 380 g/mol. The number of hydrogen-bond donors (Lipinski definition) is 1. The van der Waals surface area contributed by atoms with Crippen molar-refractivity contribution >= 4 is 27.1 Å². The van der Waals surface area contributed by atoms with Gasteiger partial charge in [-0.25, -0.2) is 13.4 Å². The number of benzene rings is 1. The molecule has 0 unspecified atom stereocenters. The highest BCUT2D eigenvalue weighted by Crippen LogP contribution is 2.25. The van der Waals surface area contributed by atoms with E-state index in [2.05, 4.69) is 17.2 Å². The Balaban J connectivity index is 1.59. The third-order valence-corrected chi connectivity index (χ3v) is 7.40. The molecule has 1 aliphatic carbocycles. The van der Waals surface area contributed by atoms with Crippen molar-refractivity contribution < 1.29 is 13.2 Å². The molecule has 0 radical (unpaired) electrons. The van der Waals surface area contributed by atoms with Crippen molar-refractivity contribution in [3.05, 3.63) is 40.9 Å².